The highest BCUT2D eigenvalue weighted by Gasteiger charge is 2.32. The number of sulfonamides is 1. The molecular weight excluding hydrogens is 393 g/mol. The molecule has 2 unspecified atom stereocenters. The Morgan fingerprint density at radius 1 is 1.04 bits per heavy atom. The number of benzene rings is 2. The number of hydrogen-bond acceptors (Lipinski definition) is 4. The van der Waals surface area contributed by atoms with E-state index in [1.54, 1.807) is 13.2 Å². The first-order chi connectivity index (χ1) is 13.2. The number of ether oxygens (including phenoxy) is 1. The standard InChI is InChI=1S/C19H21F3N2O3S/c1-24(2)11-4-5-12-13(10-11)16(27-3)8-7-15(12)23-28(25,26)17-9-6-14(20)18(21)19(17)22/h4-6,9-10,15-16,23H,7-8H2,1-3H3. The van der Waals surface area contributed by atoms with Crippen LogP contribution >= 0.6 is 0 Å². The molecule has 5 nitrogen and oxygen atoms in total. The van der Waals surface area contributed by atoms with Crippen molar-refractivity contribution >= 4 is 15.7 Å². The summed E-state index contributed by atoms with van der Waals surface area (Å²) in [6.07, 6.45) is 0.765. The van der Waals surface area contributed by atoms with Crippen molar-refractivity contribution in [3.8, 4) is 0 Å². The van der Waals surface area contributed by atoms with E-state index in [1.807, 2.05) is 31.1 Å². The Labute approximate surface area is 162 Å². The minimum Gasteiger partial charge on any atom is -0.378 e. The third-order valence-corrected chi connectivity index (χ3v) is 6.39. The Hall–Kier alpha value is -2.10. The van der Waals surface area contributed by atoms with Crippen LogP contribution in [0.2, 0.25) is 0 Å². The SMILES string of the molecule is COC1CCC(NS(=O)(=O)c2ccc(F)c(F)c2F)c2ccc(N(C)C)cc21. The first-order valence-electron chi connectivity index (χ1n) is 8.65. The molecule has 2 aromatic carbocycles. The van der Waals surface area contributed by atoms with Crippen molar-refractivity contribution in [2.75, 3.05) is 26.1 Å². The highest BCUT2D eigenvalue weighted by molar-refractivity contribution is 7.89. The smallest absolute Gasteiger partial charge is 0.244 e. The van der Waals surface area contributed by atoms with Gasteiger partial charge in [-0.3, -0.25) is 0 Å². The first-order valence-corrected chi connectivity index (χ1v) is 10.1. The topological polar surface area (TPSA) is 58.6 Å². The molecule has 0 aromatic heterocycles. The minimum atomic E-state index is -4.41. The summed E-state index contributed by atoms with van der Waals surface area (Å²) < 4.78 is 73.9. The maximum absolute atomic E-state index is 14.0. The van der Waals surface area contributed by atoms with Gasteiger partial charge in [0.15, 0.2) is 17.5 Å². The van der Waals surface area contributed by atoms with Crippen molar-refractivity contribution in [3.63, 3.8) is 0 Å². The third-order valence-electron chi connectivity index (χ3n) is 4.90. The molecule has 152 valence electrons. The second kappa shape index (κ2) is 7.73. The van der Waals surface area contributed by atoms with Crippen LogP contribution in [0, 0.1) is 17.5 Å². The maximum Gasteiger partial charge on any atom is 0.244 e. The molecular formula is C19H21F3N2O3S. The van der Waals surface area contributed by atoms with E-state index in [0.717, 1.165) is 11.3 Å². The zero-order chi connectivity index (χ0) is 20.6. The summed E-state index contributed by atoms with van der Waals surface area (Å²) in [7, 11) is 0.950. The molecule has 3 rings (SSSR count). The predicted octanol–water partition coefficient (Wildman–Crippen LogP) is 3.67. The lowest BCUT2D eigenvalue weighted by atomic mass is 9.85. The minimum absolute atomic E-state index is 0.198. The van der Waals surface area contributed by atoms with E-state index in [1.165, 1.54) is 0 Å². The summed E-state index contributed by atoms with van der Waals surface area (Å²) in [4.78, 5) is 0.990. The van der Waals surface area contributed by atoms with Crippen LogP contribution in [0.25, 0.3) is 0 Å². The fourth-order valence-electron chi connectivity index (χ4n) is 3.40. The van der Waals surface area contributed by atoms with Crippen molar-refractivity contribution in [1.82, 2.24) is 4.72 Å². The van der Waals surface area contributed by atoms with Gasteiger partial charge in [0, 0.05) is 32.9 Å². The molecule has 0 amide bonds. The van der Waals surface area contributed by atoms with Crippen LogP contribution in [-0.2, 0) is 14.8 Å². The molecule has 1 aliphatic rings. The average Bonchev–Trinajstić information content (AvgIpc) is 2.65. The lowest BCUT2D eigenvalue weighted by Crippen LogP contribution is -2.33. The molecule has 9 heteroatoms. The molecule has 1 N–H and O–H groups in total. The average molecular weight is 414 g/mol. The fraction of sp³-hybridized carbons (Fsp3) is 0.368. The Bertz CT molecular complexity index is 996. The quantitative estimate of drug-likeness (QED) is 0.759. The van der Waals surface area contributed by atoms with E-state index in [2.05, 4.69) is 4.72 Å². The Balaban J connectivity index is 1.99. The molecule has 2 aromatic rings. The van der Waals surface area contributed by atoms with Gasteiger partial charge in [0.2, 0.25) is 10.0 Å². The Morgan fingerprint density at radius 2 is 1.75 bits per heavy atom. The van der Waals surface area contributed by atoms with E-state index < -0.39 is 38.4 Å². The largest absolute Gasteiger partial charge is 0.378 e. The molecule has 0 bridgehead atoms. The molecule has 0 fully saturated rings. The monoisotopic (exact) mass is 414 g/mol. The first kappa shape index (κ1) is 20.6. The number of fused-ring (bicyclic) bond motifs is 1. The van der Waals surface area contributed by atoms with Crippen LogP contribution < -0.4 is 9.62 Å². The van der Waals surface area contributed by atoms with E-state index in [9.17, 15) is 21.6 Å². The van der Waals surface area contributed by atoms with Gasteiger partial charge in [-0.25, -0.2) is 26.3 Å². The number of nitrogens with zero attached hydrogens (tertiary/aromatic N) is 1. The molecule has 1 aliphatic carbocycles. The van der Waals surface area contributed by atoms with Gasteiger partial charge < -0.3 is 9.64 Å². The van der Waals surface area contributed by atoms with Gasteiger partial charge in [0.05, 0.1) is 6.10 Å². The van der Waals surface area contributed by atoms with E-state index >= 15 is 0 Å². The van der Waals surface area contributed by atoms with E-state index in [-0.39, 0.29) is 6.10 Å². The number of halogens is 3. The Kier molecular flexibility index (Phi) is 5.69. The van der Waals surface area contributed by atoms with Crippen molar-refractivity contribution < 1.29 is 26.3 Å². The van der Waals surface area contributed by atoms with Crippen molar-refractivity contribution in [3.05, 3.63) is 58.9 Å². The second-order valence-electron chi connectivity index (χ2n) is 6.86. The van der Waals surface area contributed by atoms with Gasteiger partial charge >= 0.3 is 0 Å². The molecule has 0 saturated carbocycles. The summed E-state index contributed by atoms with van der Waals surface area (Å²) in [6.45, 7) is 0. The van der Waals surface area contributed by atoms with E-state index in [0.29, 0.717) is 30.5 Å². The molecule has 0 heterocycles. The van der Waals surface area contributed by atoms with Gasteiger partial charge in [-0.2, -0.15) is 0 Å². The summed E-state index contributed by atoms with van der Waals surface area (Å²) in [6, 6.07) is 6.22. The summed E-state index contributed by atoms with van der Waals surface area (Å²) in [5, 5.41) is 0. The number of nitrogens with one attached hydrogen (secondary N) is 1. The maximum atomic E-state index is 14.0. The van der Waals surface area contributed by atoms with Crippen LogP contribution in [-0.4, -0.2) is 29.6 Å². The molecule has 2 atom stereocenters. The molecule has 28 heavy (non-hydrogen) atoms. The zero-order valence-corrected chi connectivity index (χ0v) is 16.5. The lowest BCUT2D eigenvalue weighted by Gasteiger charge is -2.32. The molecule has 0 radical (unpaired) electrons. The summed E-state index contributed by atoms with van der Waals surface area (Å²) in [5.41, 5.74) is 2.46. The number of rotatable bonds is 5. The highest BCUT2D eigenvalue weighted by atomic mass is 32.2. The predicted molar refractivity (Wildman–Crippen MR) is 99.1 cm³/mol. The van der Waals surface area contributed by atoms with Gasteiger partial charge in [-0.05, 0) is 48.2 Å². The zero-order valence-electron chi connectivity index (χ0n) is 15.7. The van der Waals surface area contributed by atoms with Gasteiger partial charge in [0.25, 0.3) is 0 Å². The molecule has 0 aliphatic heterocycles. The van der Waals surface area contributed by atoms with Crippen molar-refractivity contribution in [2.24, 2.45) is 0 Å². The second-order valence-corrected chi connectivity index (χ2v) is 8.54. The summed E-state index contributed by atoms with van der Waals surface area (Å²) >= 11 is 0. The number of hydrogen-bond donors (Lipinski definition) is 1. The highest BCUT2D eigenvalue weighted by Crippen LogP contribution is 2.40. The van der Waals surface area contributed by atoms with Crippen LogP contribution in [0.5, 0.6) is 0 Å². The number of anilines is 1. The van der Waals surface area contributed by atoms with Crippen LogP contribution in [0.3, 0.4) is 0 Å². The Morgan fingerprint density at radius 3 is 2.39 bits per heavy atom. The van der Waals surface area contributed by atoms with Gasteiger partial charge in [-0.15, -0.1) is 0 Å². The molecule has 0 spiro atoms. The van der Waals surface area contributed by atoms with Gasteiger partial charge in [-0.1, -0.05) is 6.07 Å². The van der Waals surface area contributed by atoms with Crippen molar-refractivity contribution in [1.29, 1.82) is 0 Å². The number of methoxy groups -OCH3 is 1. The summed E-state index contributed by atoms with van der Waals surface area (Å²) in [5.74, 6) is -5.00. The van der Waals surface area contributed by atoms with Crippen molar-refractivity contribution in [2.45, 2.75) is 29.9 Å². The normalized spacial score (nSPS) is 19.4. The fourth-order valence-corrected chi connectivity index (χ4v) is 4.72. The van der Waals surface area contributed by atoms with E-state index in [4.69, 9.17) is 4.74 Å². The van der Waals surface area contributed by atoms with Crippen LogP contribution in [0.15, 0.2) is 35.2 Å². The third kappa shape index (κ3) is 3.74. The van der Waals surface area contributed by atoms with Gasteiger partial charge in [0.1, 0.15) is 4.90 Å². The van der Waals surface area contributed by atoms with Crippen LogP contribution in [0.4, 0.5) is 18.9 Å². The molecule has 0 saturated heterocycles. The van der Waals surface area contributed by atoms with Crippen LogP contribution in [0.1, 0.15) is 36.1 Å². The lowest BCUT2D eigenvalue weighted by molar-refractivity contribution is 0.0836.